The molecule has 0 N–H and O–H groups in total. The lowest BCUT2D eigenvalue weighted by Crippen LogP contribution is -2.36. The second kappa shape index (κ2) is 6.96. The molecule has 1 aliphatic heterocycles. The third-order valence-electron chi connectivity index (χ3n) is 4.09. The van der Waals surface area contributed by atoms with Crippen molar-refractivity contribution >= 4 is 10.0 Å². The molecule has 0 radical (unpaired) electrons. The summed E-state index contributed by atoms with van der Waals surface area (Å²) in [5, 5.41) is 3.80. The molecule has 3 heterocycles. The molecule has 2 aromatic heterocycles. The molecular weight excluding hydrogens is 330 g/mol. The van der Waals surface area contributed by atoms with Gasteiger partial charge in [0.2, 0.25) is 15.9 Å². The van der Waals surface area contributed by atoms with Crippen molar-refractivity contribution in [1.29, 1.82) is 0 Å². The monoisotopic (exact) mass is 351 g/mol. The minimum Gasteiger partial charge on any atom is -0.338 e. The summed E-state index contributed by atoms with van der Waals surface area (Å²) in [4.78, 5) is 10.6. The van der Waals surface area contributed by atoms with Crippen molar-refractivity contribution in [3.05, 3.63) is 41.8 Å². The topological polar surface area (TPSA) is 92.4 Å². The molecule has 24 heavy (non-hydrogen) atoms. The molecule has 1 unspecified atom stereocenters. The Morgan fingerprint density at radius 1 is 1.33 bits per heavy atom. The SMILES string of the molecule is Cc1noc(C2CCN(Cc3cccnc3)CCN2S(C)(=O)=O)n1. The molecule has 1 atom stereocenters. The number of aryl methyl sites for hydroxylation is 1. The maximum atomic E-state index is 12.2. The fourth-order valence-corrected chi connectivity index (χ4v) is 4.03. The van der Waals surface area contributed by atoms with E-state index in [1.807, 2.05) is 18.3 Å². The summed E-state index contributed by atoms with van der Waals surface area (Å²) in [7, 11) is -3.37. The van der Waals surface area contributed by atoms with Crippen LogP contribution in [0.3, 0.4) is 0 Å². The number of hydrogen-bond acceptors (Lipinski definition) is 7. The minimum absolute atomic E-state index is 0.362. The molecule has 1 aliphatic rings. The van der Waals surface area contributed by atoms with Crippen LogP contribution in [0.25, 0.3) is 0 Å². The Bertz CT molecular complexity index is 777. The standard InChI is InChI=1S/C15H21N5O3S/c1-12-17-15(23-18-12)14-5-7-19(8-9-20(14)24(2,21)22)11-13-4-3-6-16-10-13/h3-4,6,10,14H,5,7-9,11H2,1-2H3. The van der Waals surface area contributed by atoms with Crippen LogP contribution >= 0.6 is 0 Å². The van der Waals surface area contributed by atoms with Gasteiger partial charge in [0, 0.05) is 38.6 Å². The molecule has 0 spiro atoms. The maximum absolute atomic E-state index is 12.2. The molecule has 1 fully saturated rings. The lowest BCUT2D eigenvalue weighted by atomic mass is 10.2. The molecule has 9 heteroatoms. The molecular formula is C15H21N5O3S. The van der Waals surface area contributed by atoms with Gasteiger partial charge >= 0.3 is 0 Å². The second-order valence-electron chi connectivity index (χ2n) is 6.00. The van der Waals surface area contributed by atoms with Crippen molar-refractivity contribution in [3.63, 3.8) is 0 Å². The summed E-state index contributed by atoms with van der Waals surface area (Å²) in [6.07, 6.45) is 5.40. The second-order valence-corrected chi connectivity index (χ2v) is 7.93. The van der Waals surface area contributed by atoms with Gasteiger partial charge in [0.05, 0.1) is 6.26 Å². The Morgan fingerprint density at radius 3 is 2.79 bits per heavy atom. The molecule has 0 bridgehead atoms. The van der Waals surface area contributed by atoms with Crippen LogP contribution in [-0.4, -0.2) is 58.6 Å². The number of hydrogen-bond donors (Lipinski definition) is 0. The van der Waals surface area contributed by atoms with Gasteiger partial charge in [-0.05, 0) is 25.0 Å². The zero-order valence-electron chi connectivity index (χ0n) is 13.8. The first-order valence-electron chi connectivity index (χ1n) is 7.82. The highest BCUT2D eigenvalue weighted by molar-refractivity contribution is 7.88. The van der Waals surface area contributed by atoms with Crippen molar-refractivity contribution in [2.45, 2.75) is 25.9 Å². The molecule has 0 aromatic carbocycles. The van der Waals surface area contributed by atoms with E-state index < -0.39 is 16.1 Å². The molecule has 0 amide bonds. The fourth-order valence-electron chi connectivity index (χ4n) is 2.96. The van der Waals surface area contributed by atoms with E-state index in [2.05, 4.69) is 20.0 Å². The zero-order valence-corrected chi connectivity index (χ0v) is 14.6. The van der Waals surface area contributed by atoms with Gasteiger partial charge in [-0.2, -0.15) is 9.29 Å². The highest BCUT2D eigenvalue weighted by Gasteiger charge is 2.34. The first kappa shape index (κ1) is 17.0. The van der Waals surface area contributed by atoms with Crippen molar-refractivity contribution in [2.75, 3.05) is 25.9 Å². The first-order valence-corrected chi connectivity index (χ1v) is 9.66. The Kier molecular flexibility index (Phi) is 4.93. The molecule has 0 saturated carbocycles. The van der Waals surface area contributed by atoms with E-state index in [9.17, 15) is 8.42 Å². The third-order valence-corrected chi connectivity index (χ3v) is 5.38. The highest BCUT2D eigenvalue weighted by Crippen LogP contribution is 2.28. The molecule has 2 aromatic rings. The number of aromatic nitrogens is 3. The van der Waals surface area contributed by atoms with Crippen molar-refractivity contribution < 1.29 is 12.9 Å². The van der Waals surface area contributed by atoms with Crippen LogP contribution in [-0.2, 0) is 16.6 Å². The molecule has 3 rings (SSSR count). The summed E-state index contributed by atoms with van der Waals surface area (Å²) < 4.78 is 31.1. The van der Waals surface area contributed by atoms with Gasteiger partial charge in [-0.15, -0.1) is 0 Å². The third kappa shape index (κ3) is 3.97. The van der Waals surface area contributed by atoms with E-state index >= 15 is 0 Å². The lowest BCUT2D eigenvalue weighted by Gasteiger charge is -2.24. The first-order chi connectivity index (χ1) is 11.4. The van der Waals surface area contributed by atoms with Gasteiger partial charge in [-0.3, -0.25) is 9.88 Å². The average molecular weight is 351 g/mol. The van der Waals surface area contributed by atoms with Crippen LogP contribution in [0, 0.1) is 6.92 Å². The summed E-state index contributed by atoms with van der Waals surface area (Å²) in [6.45, 7) is 4.24. The van der Waals surface area contributed by atoms with Crippen molar-refractivity contribution in [3.8, 4) is 0 Å². The van der Waals surface area contributed by atoms with Crippen LogP contribution in [0.1, 0.15) is 29.7 Å². The smallest absolute Gasteiger partial charge is 0.245 e. The van der Waals surface area contributed by atoms with Crippen molar-refractivity contribution in [2.24, 2.45) is 0 Å². The Labute approximate surface area is 141 Å². The minimum atomic E-state index is -3.37. The number of nitrogens with zero attached hydrogens (tertiary/aromatic N) is 5. The Morgan fingerprint density at radius 2 is 2.17 bits per heavy atom. The number of sulfonamides is 1. The largest absolute Gasteiger partial charge is 0.338 e. The Balaban J connectivity index is 1.79. The van der Waals surface area contributed by atoms with E-state index in [0.717, 1.165) is 18.7 Å². The lowest BCUT2D eigenvalue weighted by molar-refractivity contribution is 0.257. The van der Waals surface area contributed by atoms with Crippen LogP contribution in [0.4, 0.5) is 0 Å². The van der Waals surface area contributed by atoms with Crippen LogP contribution in [0.5, 0.6) is 0 Å². The normalized spacial score (nSPS) is 20.8. The predicted octanol–water partition coefficient (Wildman–Crippen LogP) is 0.982. The molecule has 1 saturated heterocycles. The Hall–Kier alpha value is -1.84. The fraction of sp³-hybridized carbons (Fsp3) is 0.533. The highest BCUT2D eigenvalue weighted by atomic mass is 32.2. The van der Waals surface area contributed by atoms with E-state index in [1.54, 1.807) is 13.1 Å². The molecule has 130 valence electrons. The van der Waals surface area contributed by atoms with Gasteiger partial charge in [-0.25, -0.2) is 8.42 Å². The quantitative estimate of drug-likeness (QED) is 0.811. The number of pyridine rings is 1. The van der Waals surface area contributed by atoms with Crippen LogP contribution in [0.2, 0.25) is 0 Å². The van der Waals surface area contributed by atoms with Crippen LogP contribution in [0.15, 0.2) is 29.0 Å². The van der Waals surface area contributed by atoms with E-state index in [4.69, 9.17) is 4.52 Å². The van der Waals surface area contributed by atoms with Gasteiger partial charge < -0.3 is 4.52 Å². The summed E-state index contributed by atoms with van der Waals surface area (Å²) in [5.41, 5.74) is 1.11. The summed E-state index contributed by atoms with van der Waals surface area (Å²) in [6, 6.07) is 3.51. The van der Waals surface area contributed by atoms with E-state index in [-0.39, 0.29) is 0 Å². The molecule has 0 aliphatic carbocycles. The van der Waals surface area contributed by atoms with Gasteiger partial charge in [0.1, 0.15) is 6.04 Å². The van der Waals surface area contributed by atoms with E-state index in [0.29, 0.717) is 31.2 Å². The van der Waals surface area contributed by atoms with E-state index in [1.165, 1.54) is 10.6 Å². The summed E-state index contributed by atoms with van der Waals surface area (Å²) >= 11 is 0. The van der Waals surface area contributed by atoms with Gasteiger partial charge in [0.25, 0.3) is 0 Å². The molecule has 8 nitrogen and oxygen atoms in total. The van der Waals surface area contributed by atoms with Gasteiger partial charge in [-0.1, -0.05) is 11.2 Å². The van der Waals surface area contributed by atoms with Gasteiger partial charge in [0.15, 0.2) is 5.82 Å². The van der Waals surface area contributed by atoms with Crippen molar-refractivity contribution in [1.82, 2.24) is 24.3 Å². The predicted molar refractivity (Wildman–Crippen MR) is 87.5 cm³/mol. The zero-order chi connectivity index (χ0) is 17.2. The maximum Gasteiger partial charge on any atom is 0.245 e. The average Bonchev–Trinajstić information content (AvgIpc) is 2.84. The number of rotatable bonds is 4. The van der Waals surface area contributed by atoms with Crippen LogP contribution < -0.4 is 0 Å². The summed E-state index contributed by atoms with van der Waals surface area (Å²) in [5.74, 6) is 0.871.